The SMILES string of the molecule is CCCCOc1c(CN(C(=O)O)C(C)(C)C)n(CC(C)C)c(=O)c2ccc(-c3noc(C)n3)cc12. The third-order valence-electron chi connectivity index (χ3n) is 5.75. The van der Waals surface area contributed by atoms with Crippen LogP contribution >= 0.6 is 0 Å². The number of hydrogen-bond acceptors (Lipinski definition) is 6. The molecule has 1 N–H and O–H groups in total. The van der Waals surface area contributed by atoms with Gasteiger partial charge in [-0.25, -0.2) is 4.79 Å². The summed E-state index contributed by atoms with van der Waals surface area (Å²) in [6.07, 6.45) is 0.711. The minimum absolute atomic E-state index is 0.0176. The summed E-state index contributed by atoms with van der Waals surface area (Å²) in [6, 6.07) is 5.38. The maximum atomic E-state index is 13.7. The highest BCUT2D eigenvalue weighted by atomic mass is 16.5. The van der Waals surface area contributed by atoms with Gasteiger partial charge in [0, 0.05) is 30.0 Å². The number of unbranched alkanes of at least 4 members (excludes halogenated alkanes) is 1. The van der Waals surface area contributed by atoms with E-state index in [1.807, 2.05) is 40.7 Å². The molecule has 9 nitrogen and oxygen atoms in total. The average molecular weight is 485 g/mol. The Morgan fingerprint density at radius 1 is 1.26 bits per heavy atom. The fourth-order valence-corrected chi connectivity index (χ4v) is 3.96. The number of hydrogen-bond donors (Lipinski definition) is 1. The average Bonchev–Trinajstić information content (AvgIpc) is 3.20. The topological polar surface area (TPSA) is 111 Å². The molecule has 9 heteroatoms. The first-order chi connectivity index (χ1) is 16.4. The Hall–Kier alpha value is -3.36. The number of carboxylic acid groups (broad SMARTS) is 1. The Labute approximate surface area is 205 Å². The quantitative estimate of drug-likeness (QED) is 0.401. The summed E-state index contributed by atoms with van der Waals surface area (Å²) < 4.78 is 13.1. The molecular formula is C26H36N4O5. The van der Waals surface area contributed by atoms with Gasteiger partial charge in [-0.2, -0.15) is 4.98 Å². The lowest BCUT2D eigenvalue weighted by Crippen LogP contribution is -2.45. The zero-order valence-electron chi connectivity index (χ0n) is 21.7. The Balaban J connectivity index is 2.34. The number of aryl methyl sites for hydroxylation is 1. The first kappa shape index (κ1) is 26.2. The smallest absolute Gasteiger partial charge is 0.408 e. The van der Waals surface area contributed by atoms with E-state index < -0.39 is 11.6 Å². The summed E-state index contributed by atoms with van der Waals surface area (Å²) in [4.78, 5) is 31.6. The van der Waals surface area contributed by atoms with Crippen LogP contribution in [0.25, 0.3) is 22.2 Å². The largest absolute Gasteiger partial charge is 0.491 e. The molecule has 0 aliphatic rings. The maximum Gasteiger partial charge on any atom is 0.408 e. The van der Waals surface area contributed by atoms with Crippen molar-refractivity contribution in [2.45, 2.75) is 79.9 Å². The van der Waals surface area contributed by atoms with Crippen LogP contribution in [0.1, 0.15) is 66.0 Å². The number of rotatable bonds is 9. The van der Waals surface area contributed by atoms with E-state index in [0.717, 1.165) is 12.8 Å². The van der Waals surface area contributed by atoms with Gasteiger partial charge >= 0.3 is 6.09 Å². The van der Waals surface area contributed by atoms with Crippen LogP contribution in [0, 0.1) is 12.8 Å². The molecule has 0 saturated heterocycles. The molecule has 1 amide bonds. The molecule has 2 aromatic heterocycles. The molecule has 1 aromatic carbocycles. The molecule has 190 valence electrons. The zero-order chi connectivity index (χ0) is 25.9. The number of nitrogens with zero attached hydrogens (tertiary/aromatic N) is 4. The molecule has 0 unspecified atom stereocenters. The molecule has 0 aliphatic carbocycles. The fraction of sp³-hybridized carbons (Fsp3) is 0.538. The molecule has 35 heavy (non-hydrogen) atoms. The van der Waals surface area contributed by atoms with Gasteiger partial charge in [-0.1, -0.05) is 38.4 Å². The van der Waals surface area contributed by atoms with E-state index in [-0.39, 0.29) is 18.0 Å². The predicted molar refractivity (Wildman–Crippen MR) is 135 cm³/mol. The first-order valence-electron chi connectivity index (χ1n) is 12.1. The van der Waals surface area contributed by atoms with E-state index >= 15 is 0 Å². The van der Waals surface area contributed by atoms with Gasteiger partial charge in [-0.05, 0) is 45.2 Å². The second-order valence-corrected chi connectivity index (χ2v) is 10.2. The highest BCUT2D eigenvalue weighted by molar-refractivity contribution is 5.91. The van der Waals surface area contributed by atoms with Crippen LogP contribution in [0.15, 0.2) is 27.5 Å². The second-order valence-electron chi connectivity index (χ2n) is 10.2. The van der Waals surface area contributed by atoms with Gasteiger partial charge < -0.3 is 18.9 Å². The van der Waals surface area contributed by atoms with Crippen LogP contribution in [0.4, 0.5) is 4.79 Å². The summed E-state index contributed by atoms with van der Waals surface area (Å²) in [5, 5.41) is 15.1. The van der Waals surface area contributed by atoms with Crippen LogP contribution in [-0.4, -0.2) is 43.0 Å². The third kappa shape index (κ3) is 5.83. The normalized spacial score (nSPS) is 11.9. The summed E-state index contributed by atoms with van der Waals surface area (Å²) >= 11 is 0. The first-order valence-corrected chi connectivity index (χ1v) is 12.1. The van der Waals surface area contributed by atoms with Crippen molar-refractivity contribution < 1.29 is 19.2 Å². The number of ether oxygens (including phenoxy) is 1. The Bertz CT molecular complexity index is 1250. The highest BCUT2D eigenvalue weighted by Gasteiger charge is 2.30. The Morgan fingerprint density at radius 2 is 1.97 bits per heavy atom. The molecule has 0 bridgehead atoms. The maximum absolute atomic E-state index is 13.7. The monoisotopic (exact) mass is 484 g/mol. The van der Waals surface area contributed by atoms with Gasteiger partial charge in [-0.3, -0.25) is 9.69 Å². The van der Waals surface area contributed by atoms with Crippen LogP contribution in [0.2, 0.25) is 0 Å². The van der Waals surface area contributed by atoms with E-state index in [9.17, 15) is 14.7 Å². The number of amides is 1. The Morgan fingerprint density at radius 3 is 2.51 bits per heavy atom. The minimum atomic E-state index is -1.06. The van der Waals surface area contributed by atoms with E-state index in [2.05, 4.69) is 17.1 Å². The van der Waals surface area contributed by atoms with Gasteiger partial charge in [0.25, 0.3) is 5.56 Å². The van der Waals surface area contributed by atoms with Gasteiger partial charge in [-0.15, -0.1) is 0 Å². The van der Waals surface area contributed by atoms with Crippen molar-refractivity contribution in [3.8, 4) is 17.1 Å². The predicted octanol–water partition coefficient (Wildman–Crippen LogP) is 5.47. The molecule has 0 aliphatic heterocycles. The summed E-state index contributed by atoms with van der Waals surface area (Å²) in [5.74, 6) is 1.54. The third-order valence-corrected chi connectivity index (χ3v) is 5.75. The molecule has 3 rings (SSSR count). The molecule has 0 fully saturated rings. The van der Waals surface area contributed by atoms with Gasteiger partial charge in [0.1, 0.15) is 5.75 Å². The van der Waals surface area contributed by atoms with Gasteiger partial charge in [0.15, 0.2) is 0 Å². The van der Waals surface area contributed by atoms with Crippen molar-refractivity contribution >= 4 is 16.9 Å². The van der Waals surface area contributed by atoms with Crippen molar-refractivity contribution in [3.63, 3.8) is 0 Å². The number of pyridine rings is 1. The number of fused-ring (bicyclic) bond motifs is 1. The minimum Gasteiger partial charge on any atom is -0.491 e. The summed E-state index contributed by atoms with van der Waals surface area (Å²) in [5.41, 5.74) is 0.379. The lowest BCUT2D eigenvalue weighted by molar-refractivity contribution is 0.0927. The van der Waals surface area contributed by atoms with E-state index in [1.165, 1.54) is 4.90 Å². The molecule has 3 aromatic rings. The zero-order valence-corrected chi connectivity index (χ0v) is 21.7. The van der Waals surface area contributed by atoms with E-state index in [0.29, 0.717) is 52.6 Å². The van der Waals surface area contributed by atoms with Gasteiger partial charge in [0.2, 0.25) is 11.7 Å². The molecular weight excluding hydrogens is 448 g/mol. The van der Waals surface area contributed by atoms with Crippen LogP contribution in [0.5, 0.6) is 5.75 Å². The van der Waals surface area contributed by atoms with E-state index in [4.69, 9.17) is 9.26 Å². The number of carbonyl (C=O) groups is 1. The van der Waals surface area contributed by atoms with Crippen LogP contribution < -0.4 is 10.3 Å². The summed E-state index contributed by atoms with van der Waals surface area (Å²) in [6.45, 7) is 14.3. The van der Waals surface area contributed by atoms with Crippen molar-refractivity contribution in [3.05, 3.63) is 40.1 Å². The van der Waals surface area contributed by atoms with E-state index in [1.54, 1.807) is 23.6 Å². The summed E-state index contributed by atoms with van der Waals surface area (Å²) in [7, 11) is 0. The number of benzene rings is 1. The van der Waals surface area contributed by atoms with Crippen LogP contribution in [0.3, 0.4) is 0 Å². The molecule has 0 saturated carbocycles. The van der Waals surface area contributed by atoms with Crippen molar-refractivity contribution in [2.75, 3.05) is 6.61 Å². The lowest BCUT2D eigenvalue weighted by Gasteiger charge is -2.34. The van der Waals surface area contributed by atoms with Crippen molar-refractivity contribution in [2.24, 2.45) is 5.92 Å². The van der Waals surface area contributed by atoms with Crippen molar-refractivity contribution in [1.29, 1.82) is 0 Å². The van der Waals surface area contributed by atoms with Crippen molar-refractivity contribution in [1.82, 2.24) is 19.6 Å². The Kier molecular flexibility index (Phi) is 7.87. The standard InChI is InChI=1S/C26H36N4O5/c1-8-9-12-34-22-20-13-18(23-27-17(4)35-28-23)10-11-19(20)24(31)29(14-16(2)3)21(22)15-30(25(32)33)26(5,6)7/h10-11,13,16H,8-9,12,14-15H2,1-7H3,(H,32,33). The molecule has 0 spiro atoms. The molecule has 2 heterocycles. The molecule has 0 atom stereocenters. The fourth-order valence-electron chi connectivity index (χ4n) is 3.96. The van der Waals surface area contributed by atoms with Crippen LogP contribution in [-0.2, 0) is 13.1 Å². The van der Waals surface area contributed by atoms with Gasteiger partial charge in [0.05, 0.1) is 24.2 Å². The molecule has 0 radical (unpaired) electrons. The second kappa shape index (κ2) is 10.5. The number of aromatic nitrogens is 3. The lowest BCUT2D eigenvalue weighted by atomic mass is 10.0. The highest BCUT2D eigenvalue weighted by Crippen LogP contribution is 2.33.